The molecule has 0 bridgehead atoms. The summed E-state index contributed by atoms with van der Waals surface area (Å²) in [5.74, 6) is 5.40. The third-order valence-electron chi connectivity index (χ3n) is 2.87. The maximum Gasteiger partial charge on any atom is 0.253 e. The zero-order valence-corrected chi connectivity index (χ0v) is 12.3. The molecule has 0 heterocycles. The Balaban J connectivity index is 2.99. The minimum absolute atomic E-state index is 0.0275. The van der Waals surface area contributed by atoms with Gasteiger partial charge in [-0.3, -0.25) is 4.79 Å². The third kappa shape index (κ3) is 4.69. The van der Waals surface area contributed by atoms with Crippen LogP contribution in [0.1, 0.15) is 28.4 Å². The van der Waals surface area contributed by atoms with Crippen LogP contribution in [0.15, 0.2) is 18.2 Å². The summed E-state index contributed by atoms with van der Waals surface area (Å²) >= 11 is 0. The van der Waals surface area contributed by atoms with Gasteiger partial charge in [0.15, 0.2) is 0 Å². The average Bonchev–Trinajstić information content (AvgIpc) is 2.45. The molecular weight excluding hydrogens is 254 g/mol. The Hall–Kier alpha value is -1.83. The molecule has 0 spiro atoms. The molecule has 0 fully saturated rings. The first-order valence-corrected chi connectivity index (χ1v) is 6.62. The normalized spacial score (nSPS) is 9.80. The maximum atomic E-state index is 12.4. The van der Waals surface area contributed by atoms with Crippen LogP contribution in [0.2, 0.25) is 0 Å². The molecule has 1 amide bonds. The molecule has 0 aliphatic carbocycles. The SMILES string of the molecule is CCN(CCOC)C(=O)c1cc(C)cc(C#CCO)c1. The van der Waals surface area contributed by atoms with Gasteiger partial charge in [-0.15, -0.1) is 0 Å². The topological polar surface area (TPSA) is 49.8 Å². The predicted octanol–water partition coefficient (Wildman–Crippen LogP) is 1.45. The van der Waals surface area contributed by atoms with Gasteiger partial charge in [0.25, 0.3) is 5.91 Å². The number of aliphatic hydroxyl groups is 1. The lowest BCUT2D eigenvalue weighted by atomic mass is 10.1. The van der Waals surface area contributed by atoms with Gasteiger partial charge >= 0.3 is 0 Å². The molecule has 20 heavy (non-hydrogen) atoms. The second-order valence-electron chi connectivity index (χ2n) is 4.43. The Morgan fingerprint density at radius 3 is 2.75 bits per heavy atom. The van der Waals surface area contributed by atoms with E-state index in [2.05, 4.69) is 11.8 Å². The van der Waals surface area contributed by atoms with E-state index in [1.807, 2.05) is 26.0 Å². The second kappa shape index (κ2) is 8.36. The molecule has 1 rings (SSSR count). The number of hydrogen-bond acceptors (Lipinski definition) is 3. The van der Waals surface area contributed by atoms with E-state index >= 15 is 0 Å². The van der Waals surface area contributed by atoms with Crippen molar-refractivity contribution in [1.82, 2.24) is 4.90 Å². The maximum absolute atomic E-state index is 12.4. The van der Waals surface area contributed by atoms with Crippen LogP contribution in [0, 0.1) is 18.8 Å². The number of aryl methyl sites for hydroxylation is 1. The molecule has 0 aliphatic rings. The van der Waals surface area contributed by atoms with Crippen molar-refractivity contribution < 1.29 is 14.6 Å². The Labute approximate surface area is 120 Å². The number of nitrogens with zero attached hydrogens (tertiary/aromatic N) is 1. The van der Waals surface area contributed by atoms with Gasteiger partial charge in [0, 0.05) is 31.3 Å². The van der Waals surface area contributed by atoms with E-state index in [0.717, 1.165) is 11.1 Å². The smallest absolute Gasteiger partial charge is 0.253 e. The third-order valence-corrected chi connectivity index (χ3v) is 2.87. The van der Waals surface area contributed by atoms with Gasteiger partial charge < -0.3 is 14.7 Å². The lowest BCUT2D eigenvalue weighted by molar-refractivity contribution is 0.0706. The number of amides is 1. The average molecular weight is 275 g/mol. The van der Waals surface area contributed by atoms with Crippen molar-refractivity contribution >= 4 is 5.91 Å². The van der Waals surface area contributed by atoms with Crippen LogP contribution >= 0.6 is 0 Å². The van der Waals surface area contributed by atoms with E-state index in [1.54, 1.807) is 18.1 Å². The number of ether oxygens (including phenoxy) is 1. The fraction of sp³-hybridized carbons (Fsp3) is 0.438. The molecule has 0 saturated carbocycles. The van der Waals surface area contributed by atoms with Crippen molar-refractivity contribution in [2.75, 3.05) is 33.4 Å². The molecule has 108 valence electrons. The summed E-state index contributed by atoms with van der Waals surface area (Å²) in [6.07, 6.45) is 0. The lowest BCUT2D eigenvalue weighted by Gasteiger charge is -2.20. The highest BCUT2D eigenvalue weighted by Gasteiger charge is 2.14. The minimum atomic E-state index is -0.188. The van der Waals surface area contributed by atoms with Crippen molar-refractivity contribution in [3.63, 3.8) is 0 Å². The number of carbonyl (C=O) groups is 1. The molecule has 0 radical (unpaired) electrons. The number of hydrogen-bond donors (Lipinski definition) is 1. The Kier molecular flexibility index (Phi) is 6.78. The summed E-state index contributed by atoms with van der Waals surface area (Å²) < 4.78 is 5.02. The lowest BCUT2D eigenvalue weighted by Crippen LogP contribution is -2.33. The van der Waals surface area contributed by atoms with E-state index in [-0.39, 0.29) is 12.5 Å². The van der Waals surface area contributed by atoms with Crippen LogP contribution in [0.4, 0.5) is 0 Å². The van der Waals surface area contributed by atoms with Crippen LogP contribution in [0.5, 0.6) is 0 Å². The zero-order valence-electron chi connectivity index (χ0n) is 12.3. The fourth-order valence-electron chi connectivity index (χ4n) is 1.91. The molecule has 4 nitrogen and oxygen atoms in total. The number of aliphatic hydroxyl groups excluding tert-OH is 1. The van der Waals surface area contributed by atoms with Crippen LogP contribution < -0.4 is 0 Å². The first kappa shape index (κ1) is 16.2. The van der Waals surface area contributed by atoms with Gasteiger partial charge in [0.2, 0.25) is 0 Å². The van der Waals surface area contributed by atoms with Crippen molar-refractivity contribution in [2.45, 2.75) is 13.8 Å². The van der Waals surface area contributed by atoms with E-state index in [4.69, 9.17) is 9.84 Å². The summed E-state index contributed by atoms with van der Waals surface area (Å²) in [4.78, 5) is 14.2. The van der Waals surface area contributed by atoms with E-state index in [0.29, 0.717) is 25.3 Å². The quantitative estimate of drug-likeness (QED) is 0.827. The van der Waals surface area contributed by atoms with Gasteiger partial charge in [-0.2, -0.15) is 0 Å². The monoisotopic (exact) mass is 275 g/mol. The van der Waals surface area contributed by atoms with Crippen LogP contribution in [-0.4, -0.2) is 49.3 Å². The second-order valence-corrected chi connectivity index (χ2v) is 4.43. The Morgan fingerprint density at radius 2 is 2.15 bits per heavy atom. The van der Waals surface area contributed by atoms with Gasteiger partial charge in [-0.05, 0) is 37.6 Å². The van der Waals surface area contributed by atoms with Crippen molar-refractivity contribution in [3.05, 3.63) is 34.9 Å². The highest BCUT2D eigenvalue weighted by molar-refractivity contribution is 5.94. The molecule has 0 unspecified atom stereocenters. The van der Waals surface area contributed by atoms with Crippen LogP contribution in [-0.2, 0) is 4.74 Å². The van der Waals surface area contributed by atoms with Gasteiger partial charge in [0.1, 0.15) is 6.61 Å². The molecule has 0 aliphatic heterocycles. The first-order chi connectivity index (χ1) is 9.62. The van der Waals surface area contributed by atoms with Crippen LogP contribution in [0.3, 0.4) is 0 Å². The molecule has 1 aromatic carbocycles. The Morgan fingerprint density at radius 1 is 1.40 bits per heavy atom. The Bertz CT molecular complexity index is 514. The van der Waals surface area contributed by atoms with Crippen molar-refractivity contribution in [3.8, 4) is 11.8 Å². The summed E-state index contributed by atoms with van der Waals surface area (Å²) in [6.45, 7) is 5.39. The van der Waals surface area contributed by atoms with E-state index < -0.39 is 0 Å². The fourth-order valence-corrected chi connectivity index (χ4v) is 1.91. The van der Waals surface area contributed by atoms with Gasteiger partial charge in [-0.1, -0.05) is 11.8 Å². The highest BCUT2D eigenvalue weighted by atomic mass is 16.5. The summed E-state index contributed by atoms with van der Waals surface area (Å²) in [5, 5.41) is 8.74. The molecule has 4 heteroatoms. The zero-order chi connectivity index (χ0) is 15.0. The van der Waals surface area contributed by atoms with E-state index in [1.165, 1.54) is 0 Å². The number of rotatable bonds is 5. The first-order valence-electron chi connectivity index (χ1n) is 6.62. The molecule has 0 aromatic heterocycles. The molecule has 0 saturated heterocycles. The van der Waals surface area contributed by atoms with Crippen LogP contribution in [0.25, 0.3) is 0 Å². The van der Waals surface area contributed by atoms with Gasteiger partial charge in [0.05, 0.1) is 6.61 Å². The minimum Gasteiger partial charge on any atom is -0.384 e. The molecular formula is C16H21NO3. The molecule has 1 N–H and O–H groups in total. The number of likely N-dealkylation sites (N-methyl/N-ethyl adjacent to an activating group) is 1. The van der Waals surface area contributed by atoms with Gasteiger partial charge in [-0.25, -0.2) is 0 Å². The highest BCUT2D eigenvalue weighted by Crippen LogP contribution is 2.12. The summed E-state index contributed by atoms with van der Waals surface area (Å²) in [7, 11) is 1.62. The van der Waals surface area contributed by atoms with Crippen molar-refractivity contribution in [2.24, 2.45) is 0 Å². The van der Waals surface area contributed by atoms with Crippen molar-refractivity contribution in [1.29, 1.82) is 0 Å². The summed E-state index contributed by atoms with van der Waals surface area (Å²) in [6, 6.07) is 5.50. The number of benzene rings is 1. The molecule has 1 aromatic rings. The standard InChI is InChI=1S/C16H21NO3/c1-4-17(7-9-20-3)16(19)15-11-13(2)10-14(12-15)6-5-8-18/h10-12,18H,4,7-9H2,1-3H3. The summed E-state index contributed by atoms with van der Waals surface area (Å²) in [5.41, 5.74) is 2.33. The predicted molar refractivity (Wildman–Crippen MR) is 78.6 cm³/mol. The number of methoxy groups -OCH3 is 1. The molecule has 0 atom stereocenters. The number of carbonyl (C=O) groups excluding carboxylic acids is 1. The largest absolute Gasteiger partial charge is 0.384 e. The van der Waals surface area contributed by atoms with E-state index in [9.17, 15) is 4.79 Å².